The van der Waals surface area contributed by atoms with Gasteiger partial charge < -0.3 is 14.5 Å². The molecule has 2 aliphatic rings. The highest BCUT2D eigenvalue weighted by Gasteiger charge is 2.29. The largest absolute Gasteiger partial charge is 0.450 e. The molecule has 0 aromatic heterocycles. The Hall–Kier alpha value is -1.03. The molecule has 2 rings (SSSR count). The molecule has 84 valence electrons. The standard InChI is InChI=1S/C11H18N2O2/c1-3-15-11(14)13-7-9-4-5-12(2)6-10(9)8-13/h3-8H2,1-2H3. The molecule has 0 aromatic carbocycles. The van der Waals surface area contributed by atoms with Crippen LogP contribution in [0.5, 0.6) is 0 Å². The summed E-state index contributed by atoms with van der Waals surface area (Å²) in [5.74, 6) is 0. The van der Waals surface area contributed by atoms with Crippen LogP contribution in [0.4, 0.5) is 4.79 Å². The third kappa shape index (κ3) is 2.15. The number of hydrogen-bond donors (Lipinski definition) is 0. The van der Waals surface area contributed by atoms with Crippen LogP contribution in [0.1, 0.15) is 13.3 Å². The fourth-order valence-corrected chi connectivity index (χ4v) is 2.23. The molecule has 4 heteroatoms. The number of likely N-dealkylation sites (N-methyl/N-ethyl adjacent to an activating group) is 1. The lowest BCUT2D eigenvalue weighted by molar-refractivity contribution is 0.116. The van der Waals surface area contributed by atoms with Crippen molar-refractivity contribution in [1.82, 2.24) is 9.80 Å². The van der Waals surface area contributed by atoms with Crippen LogP contribution in [0.2, 0.25) is 0 Å². The molecule has 0 saturated carbocycles. The van der Waals surface area contributed by atoms with E-state index < -0.39 is 0 Å². The minimum atomic E-state index is -0.172. The summed E-state index contributed by atoms with van der Waals surface area (Å²) in [4.78, 5) is 15.6. The Labute approximate surface area is 90.5 Å². The monoisotopic (exact) mass is 210 g/mol. The van der Waals surface area contributed by atoms with E-state index in [0.717, 1.165) is 32.6 Å². The lowest BCUT2D eigenvalue weighted by atomic mass is 10.0. The van der Waals surface area contributed by atoms with E-state index in [4.69, 9.17) is 4.74 Å². The molecule has 0 unspecified atom stereocenters. The molecule has 4 nitrogen and oxygen atoms in total. The molecular formula is C11H18N2O2. The van der Waals surface area contributed by atoms with Gasteiger partial charge in [0.15, 0.2) is 0 Å². The molecule has 0 aromatic rings. The fourth-order valence-electron chi connectivity index (χ4n) is 2.23. The zero-order valence-corrected chi connectivity index (χ0v) is 9.45. The average molecular weight is 210 g/mol. The number of hydrogen-bond acceptors (Lipinski definition) is 3. The second-order valence-corrected chi connectivity index (χ2v) is 4.25. The van der Waals surface area contributed by atoms with E-state index in [1.165, 1.54) is 11.1 Å². The van der Waals surface area contributed by atoms with Gasteiger partial charge in [0.25, 0.3) is 0 Å². The lowest BCUT2D eigenvalue weighted by Crippen LogP contribution is -2.30. The van der Waals surface area contributed by atoms with E-state index in [0.29, 0.717) is 6.61 Å². The Morgan fingerprint density at radius 2 is 2.07 bits per heavy atom. The zero-order chi connectivity index (χ0) is 10.8. The first-order chi connectivity index (χ1) is 7.20. The Balaban J connectivity index is 1.95. The average Bonchev–Trinajstić information content (AvgIpc) is 2.60. The number of rotatable bonds is 1. The molecule has 0 N–H and O–H groups in total. The van der Waals surface area contributed by atoms with Crippen molar-refractivity contribution in [1.29, 1.82) is 0 Å². The van der Waals surface area contributed by atoms with E-state index in [9.17, 15) is 4.79 Å². The molecule has 0 spiro atoms. The van der Waals surface area contributed by atoms with Crippen LogP contribution in [-0.4, -0.2) is 55.7 Å². The normalized spacial score (nSPS) is 21.9. The van der Waals surface area contributed by atoms with Crippen molar-refractivity contribution in [2.45, 2.75) is 13.3 Å². The summed E-state index contributed by atoms with van der Waals surface area (Å²) in [6.07, 6.45) is 0.927. The molecule has 0 atom stereocenters. The maximum Gasteiger partial charge on any atom is 0.410 e. The van der Waals surface area contributed by atoms with Crippen LogP contribution in [0, 0.1) is 0 Å². The summed E-state index contributed by atoms with van der Waals surface area (Å²) in [6, 6.07) is 0. The second kappa shape index (κ2) is 4.23. The van der Waals surface area contributed by atoms with Gasteiger partial charge in [0, 0.05) is 26.2 Å². The molecular weight excluding hydrogens is 192 g/mol. The molecule has 0 fully saturated rings. The number of carbonyl (C=O) groups excluding carboxylic acids is 1. The van der Waals surface area contributed by atoms with Gasteiger partial charge in [-0.1, -0.05) is 0 Å². The fraction of sp³-hybridized carbons (Fsp3) is 0.727. The predicted molar refractivity (Wildman–Crippen MR) is 57.7 cm³/mol. The Bertz CT molecular complexity index is 299. The molecule has 0 radical (unpaired) electrons. The number of ether oxygens (including phenoxy) is 1. The van der Waals surface area contributed by atoms with Crippen molar-refractivity contribution < 1.29 is 9.53 Å². The van der Waals surface area contributed by atoms with Gasteiger partial charge in [-0.05, 0) is 31.5 Å². The van der Waals surface area contributed by atoms with E-state index in [1.807, 2.05) is 6.92 Å². The third-order valence-corrected chi connectivity index (χ3v) is 3.05. The summed E-state index contributed by atoms with van der Waals surface area (Å²) < 4.78 is 5.01. The van der Waals surface area contributed by atoms with Gasteiger partial charge in [-0.3, -0.25) is 0 Å². The molecule has 0 aliphatic carbocycles. The highest BCUT2D eigenvalue weighted by Crippen LogP contribution is 2.25. The topological polar surface area (TPSA) is 32.8 Å². The van der Waals surface area contributed by atoms with Crippen LogP contribution in [0.3, 0.4) is 0 Å². The van der Waals surface area contributed by atoms with E-state index >= 15 is 0 Å². The van der Waals surface area contributed by atoms with Crippen molar-refractivity contribution in [3.05, 3.63) is 11.1 Å². The van der Waals surface area contributed by atoms with E-state index in [2.05, 4.69) is 11.9 Å². The quantitative estimate of drug-likeness (QED) is 0.607. The zero-order valence-electron chi connectivity index (χ0n) is 9.45. The van der Waals surface area contributed by atoms with Crippen molar-refractivity contribution in [3.63, 3.8) is 0 Å². The lowest BCUT2D eigenvalue weighted by Gasteiger charge is -2.23. The predicted octanol–water partition coefficient (Wildman–Crippen LogP) is 1.09. The molecule has 1 amide bonds. The summed E-state index contributed by atoms with van der Waals surface area (Å²) in [5, 5.41) is 0. The SMILES string of the molecule is CCOC(=O)N1CC2=C(CN(C)CC2)C1. The number of amides is 1. The third-order valence-electron chi connectivity index (χ3n) is 3.05. The first-order valence-electron chi connectivity index (χ1n) is 5.50. The number of nitrogens with zero attached hydrogens (tertiary/aromatic N) is 2. The molecule has 2 heterocycles. The van der Waals surface area contributed by atoms with Crippen LogP contribution < -0.4 is 0 Å². The van der Waals surface area contributed by atoms with E-state index in [-0.39, 0.29) is 6.09 Å². The summed E-state index contributed by atoms with van der Waals surface area (Å²) in [5.41, 5.74) is 2.86. The van der Waals surface area contributed by atoms with Gasteiger partial charge in [0.1, 0.15) is 0 Å². The van der Waals surface area contributed by atoms with Crippen molar-refractivity contribution in [2.24, 2.45) is 0 Å². The van der Waals surface area contributed by atoms with Crippen LogP contribution in [0.15, 0.2) is 11.1 Å². The Morgan fingerprint density at radius 3 is 2.80 bits per heavy atom. The Morgan fingerprint density at radius 1 is 1.33 bits per heavy atom. The molecule has 0 saturated heterocycles. The van der Waals surface area contributed by atoms with Crippen LogP contribution >= 0.6 is 0 Å². The number of carbonyl (C=O) groups is 1. The van der Waals surface area contributed by atoms with Crippen LogP contribution in [-0.2, 0) is 4.74 Å². The van der Waals surface area contributed by atoms with Gasteiger partial charge in [-0.25, -0.2) is 4.79 Å². The van der Waals surface area contributed by atoms with Gasteiger partial charge >= 0.3 is 6.09 Å². The van der Waals surface area contributed by atoms with Crippen molar-refractivity contribution in [3.8, 4) is 0 Å². The minimum absolute atomic E-state index is 0.172. The highest BCUT2D eigenvalue weighted by molar-refractivity contribution is 5.69. The summed E-state index contributed by atoms with van der Waals surface area (Å²) >= 11 is 0. The maximum atomic E-state index is 11.5. The van der Waals surface area contributed by atoms with Gasteiger partial charge in [0.05, 0.1) is 6.61 Å². The second-order valence-electron chi connectivity index (χ2n) is 4.25. The summed E-state index contributed by atoms with van der Waals surface area (Å²) in [6.45, 7) is 5.95. The molecule has 15 heavy (non-hydrogen) atoms. The minimum Gasteiger partial charge on any atom is -0.450 e. The highest BCUT2D eigenvalue weighted by atomic mass is 16.6. The summed E-state index contributed by atoms with van der Waals surface area (Å²) in [7, 11) is 2.12. The maximum absolute atomic E-state index is 11.5. The smallest absolute Gasteiger partial charge is 0.410 e. The molecule has 0 bridgehead atoms. The van der Waals surface area contributed by atoms with Gasteiger partial charge in [-0.15, -0.1) is 0 Å². The first-order valence-corrected chi connectivity index (χ1v) is 5.50. The van der Waals surface area contributed by atoms with Crippen molar-refractivity contribution in [2.75, 3.05) is 39.8 Å². The van der Waals surface area contributed by atoms with Crippen LogP contribution in [0.25, 0.3) is 0 Å². The van der Waals surface area contributed by atoms with Crippen molar-refractivity contribution >= 4 is 6.09 Å². The van der Waals surface area contributed by atoms with E-state index in [1.54, 1.807) is 4.90 Å². The van der Waals surface area contributed by atoms with Gasteiger partial charge in [-0.2, -0.15) is 0 Å². The molecule has 2 aliphatic heterocycles. The Kier molecular flexibility index (Phi) is 2.95. The first kappa shape index (κ1) is 10.5. The van der Waals surface area contributed by atoms with Gasteiger partial charge in [0.2, 0.25) is 0 Å².